The highest BCUT2D eigenvalue weighted by Gasteiger charge is 2.21. The topological polar surface area (TPSA) is 113 Å². The van der Waals surface area contributed by atoms with Crippen LogP contribution in [0.5, 0.6) is 0 Å². The summed E-state index contributed by atoms with van der Waals surface area (Å²) in [5.74, 6) is -1.73. The molecule has 0 radical (unpaired) electrons. The molecule has 114 valence electrons. The molecule has 8 heteroatoms. The Bertz CT molecular complexity index is 550. The molecule has 0 fully saturated rings. The molecule has 1 atom stereocenters. The number of carboxylic acid groups (broad SMARTS) is 1. The van der Waals surface area contributed by atoms with E-state index in [0.717, 1.165) is 4.90 Å². The normalized spacial score (nSPS) is 11.5. The van der Waals surface area contributed by atoms with Crippen LogP contribution >= 0.6 is 11.6 Å². The number of benzene rings is 1. The lowest BCUT2D eigenvalue weighted by Gasteiger charge is -2.23. The van der Waals surface area contributed by atoms with Gasteiger partial charge < -0.3 is 16.2 Å². The molecule has 3 amide bonds. The highest BCUT2D eigenvalue weighted by Crippen LogP contribution is 2.19. The molecular weight excluding hydrogens is 298 g/mol. The summed E-state index contributed by atoms with van der Waals surface area (Å²) in [6.45, 7) is 1.06. The van der Waals surface area contributed by atoms with Gasteiger partial charge in [-0.25, -0.2) is 4.79 Å². The van der Waals surface area contributed by atoms with E-state index in [4.69, 9.17) is 22.4 Å². The molecule has 0 bridgehead atoms. The predicted molar refractivity (Wildman–Crippen MR) is 78.2 cm³/mol. The van der Waals surface area contributed by atoms with Gasteiger partial charge >= 0.3 is 12.0 Å². The zero-order valence-electron chi connectivity index (χ0n) is 11.4. The number of nitrogens with zero attached hydrogens (tertiary/aromatic N) is 1. The number of aliphatic carboxylic acids is 1. The number of hydrogen-bond donors (Lipinski definition) is 3. The molecule has 21 heavy (non-hydrogen) atoms. The van der Waals surface area contributed by atoms with Crippen molar-refractivity contribution in [1.29, 1.82) is 0 Å². The molecule has 0 heterocycles. The maximum absolute atomic E-state index is 12.1. The second kappa shape index (κ2) is 7.49. The third-order valence-electron chi connectivity index (χ3n) is 2.54. The zero-order chi connectivity index (χ0) is 16.0. The summed E-state index contributed by atoms with van der Waals surface area (Å²) in [6, 6.07) is 5.10. The average Bonchev–Trinajstić information content (AvgIpc) is 2.34. The van der Waals surface area contributed by atoms with Crippen LogP contribution in [-0.2, 0) is 9.59 Å². The van der Waals surface area contributed by atoms with E-state index in [9.17, 15) is 14.4 Å². The second-order valence-corrected chi connectivity index (χ2v) is 4.92. The molecule has 0 aliphatic rings. The number of hydrogen-bond acceptors (Lipinski definition) is 3. The van der Waals surface area contributed by atoms with Crippen LogP contribution in [0.3, 0.4) is 0 Å². The molecule has 1 aromatic rings. The van der Waals surface area contributed by atoms with Gasteiger partial charge in [0.05, 0.1) is 0 Å². The second-order valence-electron chi connectivity index (χ2n) is 4.48. The van der Waals surface area contributed by atoms with Gasteiger partial charge in [0, 0.05) is 23.2 Å². The van der Waals surface area contributed by atoms with Crippen LogP contribution < -0.4 is 16.0 Å². The minimum absolute atomic E-state index is 0.0395. The predicted octanol–water partition coefficient (Wildman–Crippen LogP) is 1.20. The van der Waals surface area contributed by atoms with Gasteiger partial charge in [-0.1, -0.05) is 17.7 Å². The van der Waals surface area contributed by atoms with E-state index in [1.165, 1.54) is 6.07 Å². The van der Waals surface area contributed by atoms with Crippen LogP contribution in [0.25, 0.3) is 0 Å². The van der Waals surface area contributed by atoms with Crippen molar-refractivity contribution in [2.75, 3.05) is 11.4 Å². The van der Waals surface area contributed by atoms with Crippen molar-refractivity contribution >= 4 is 35.2 Å². The molecule has 0 aliphatic heterocycles. The van der Waals surface area contributed by atoms with Gasteiger partial charge in [-0.3, -0.25) is 14.5 Å². The third kappa shape index (κ3) is 5.70. The number of anilines is 1. The maximum atomic E-state index is 12.1. The summed E-state index contributed by atoms with van der Waals surface area (Å²) in [7, 11) is 0. The number of primary amides is 1. The first kappa shape index (κ1) is 16.8. The lowest BCUT2D eigenvalue weighted by atomic mass is 10.2. The zero-order valence-corrected chi connectivity index (χ0v) is 12.1. The summed E-state index contributed by atoms with van der Waals surface area (Å²) in [5.41, 5.74) is 5.38. The largest absolute Gasteiger partial charge is 0.480 e. The van der Waals surface area contributed by atoms with Crippen LogP contribution in [0.2, 0.25) is 5.02 Å². The minimum Gasteiger partial charge on any atom is -0.480 e. The van der Waals surface area contributed by atoms with Crippen LogP contribution in [0, 0.1) is 0 Å². The van der Waals surface area contributed by atoms with Gasteiger partial charge in [0.1, 0.15) is 6.54 Å². The molecule has 4 N–H and O–H groups in total. The smallest absolute Gasteiger partial charge is 0.323 e. The Labute approximate surface area is 126 Å². The fraction of sp³-hybridized carbons (Fsp3) is 0.308. The van der Waals surface area contributed by atoms with Gasteiger partial charge in [0.15, 0.2) is 0 Å². The molecule has 0 saturated heterocycles. The Balaban J connectivity index is 2.89. The number of carbonyl (C=O) groups excluding carboxylic acids is 2. The summed E-state index contributed by atoms with van der Waals surface area (Å²) >= 11 is 5.84. The van der Waals surface area contributed by atoms with Crippen LogP contribution in [0.15, 0.2) is 24.3 Å². The van der Waals surface area contributed by atoms with Crippen LogP contribution in [0.4, 0.5) is 10.5 Å². The van der Waals surface area contributed by atoms with Crippen molar-refractivity contribution in [3.05, 3.63) is 29.3 Å². The Morgan fingerprint density at radius 2 is 2.10 bits per heavy atom. The van der Waals surface area contributed by atoms with E-state index in [2.05, 4.69) is 5.32 Å². The SMILES string of the molecule is CC(CC(N)=O)NC(=O)N(CC(=O)O)c1cccc(Cl)c1. The van der Waals surface area contributed by atoms with Gasteiger partial charge in [-0.05, 0) is 25.1 Å². The summed E-state index contributed by atoms with van der Waals surface area (Å²) < 4.78 is 0. The Hall–Kier alpha value is -2.28. The van der Waals surface area contributed by atoms with E-state index in [-0.39, 0.29) is 6.42 Å². The monoisotopic (exact) mass is 313 g/mol. The standard InChI is InChI=1S/C13H16ClN3O4/c1-8(5-11(15)18)16-13(21)17(7-12(19)20)10-4-2-3-9(14)6-10/h2-4,6,8H,5,7H2,1H3,(H2,15,18)(H,16,21)(H,19,20). The third-order valence-corrected chi connectivity index (χ3v) is 2.77. The minimum atomic E-state index is -1.17. The van der Waals surface area contributed by atoms with Crippen molar-refractivity contribution in [1.82, 2.24) is 5.32 Å². The number of nitrogens with one attached hydrogen (secondary N) is 1. The first-order valence-electron chi connectivity index (χ1n) is 6.13. The van der Waals surface area contributed by atoms with Gasteiger partial charge in [0.25, 0.3) is 0 Å². The van der Waals surface area contributed by atoms with Crippen molar-refractivity contribution in [2.24, 2.45) is 5.73 Å². The van der Waals surface area contributed by atoms with E-state index >= 15 is 0 Å². The summed E-state index contributed by atoms with van der Waals surface area (Å²) in [6.07, 6.45) is -0.0395. The lowest BCUT2D eigenvalue weighted by Crippen LogP contribution is -2.47. The first-order valence-corrected chi connectivity index (χ1v) is 6.51. The van der Waals surface area contributed by atoms with Gasteiger partial charge in [-0.2, -0.15) is 0 Å². The molecule has 0 aromatic heterocycles. The van der Waals surface area contributed by atoms with Gasteiger partial charge in [0.2, 0.25) is 5.91 Å². The van der Waals surface area contributed by atoms with Crippen LogP contribution in [-0.4, -0.2) is 35.6 Å². The quantitative estimate of drug-likeness (QED) is 0.732. The molecule has 1 aromatic carbocycles. The number of nitrogens with two attached hydrogens (primary N) is 1. The number of carboxylic acids is 1. The molecule has 1 unspecified atom stereocenters. The number of rotatable bonds is 6. The molecular formula is C13H16ClN3O4. The first-order chi connectivity index (χ1) is 9.79. The highest BCUT2D eigenvalue weighted by atomic mass is 35.5. The Morgan fingerprint density at radius 3 is 2.62 bits per heavy atom. The van der Waals surface area contributed by atoms with E-state index < -0.39 is 30.5 Å². The van der Waals surface area contributed by atoms with E-state index in [1.54, 1.807) is 25.1 Å². The number of amides is 3. The summed E-state index contributed by atoms with van der Waals surface area (Å²) in [5, 5.41) is 11.8. The van der Waals surface area contributed by atoms with Crippen LogP contribution in [0.1, 0.15) is 13.3 Å². The summed E-state index contributed by atoms with van der Waals surface area (Å²) in [4.78, 5) is 34.9. The molecule has 1 rings (SSSR count). The van der Waals surface area contributed by atoms with Crippen molar-refractivity contribution < 1.29 is 19.5 Å². The van der Waals surface area contributed by atoms with Crippen molar-refractivity contribution in [3.63, 3.8) is 0 Å². The lowest BCUT2D eigenvalue weighted by molar-refractivity contribution is -0.135. The number of urea groups is 1. The molecule has 7 nitrogen and oxygen atoms in total. The molecule has 0 spiro atoms. The van der Waals surface area contributed by atoms with E-state index in [0.29, 0.717) is 10.7 Å². The average molecular weight is 314 g/mol. The fourth-order valence-electron chi connectivity index (χ4n) is 1.70. The highest BCUT2D eigenvalue weighted by molar-refractivity contribution is 6.30. The van der Waals surface area contributed by atoms with Crippen molar-refractivity contribution in [2.45, 2.75) is 19.4 Å². The van der Waals surface area contributed by atoms with E-state index in [1.807, 2.05) is 0 Å². The number of carbonyl (C=O) groups is 3. The number of halogens is 1. The fourth-order valence-corrected chi connectivity index (χ4v) is 1.89. The molecule has 0 aliphatic carbocycles. The maximum Gasteiger partial charge on any atom is 0.323 e. The Kier molecular flexibility index (Phi) is 5.98. The van der Waals surface area contributed by atoms with Gasteiger partial charge in [-0.15, -0.1) is 0 Å². The molecule has 0 saturated carbocycles. The Morgan fingerprint density at radius 1 is 1.43 bits per heavy atom. The van der Waals surface area contributed by atoms with Crippen molar-refractivity contribution in [3.8, 4) is 0 Å².